The Morgan fingerprint density at radius 3 is 1.77 bits per heavy atom. The van der Waals surface area contributed by atoms with Crippen LogP contribution in [0.5, 0.6) is 0 Å². The van der Waals surface area contributed by atoms with Crippen LogP contribution in [0, 0.1) is 0 Å². The maximum absolute atomic E-state index is 6.58. The molecule has 0 atom stereocenters. The number of aromatic nitrogens is 3. The highest BCUT2D eigenvalue weighted by atomic mass is 16.3. The van der Waals surface area contributed by atoms with Crippen molar-refractivity contribution in [1.29, 1.82) is 0 Å². The molecule has 11 aromatic rings. The van der Waals surface area contributed by atoms with Crippen molar-refractivity contribution in [2.45, 2.75) is 0 Å². The van der Waals surface area contributed by atoms with Crippen molar-refractivity contribution in [2.24, 2.45) is 0 Å². The molecule has 0 aliphatic carbocycles. The molecule has 53 heavy (non-hydrogen) atoms. The number of hydrogen-bond acceptors (Lipinski definition) is 4. The molecule has 0 N–H and O–H groups in total. The summed E-state index contributed by atoms with van der Waals surface area (Å²) in [6.45, 7) is 0. The zero-order chi connectivity index (χ0) is 34.9. The van der Waals surface area contributed by atoms with E-state index in [4.69, 9.17) is 19.4 Å². The highest BCUT2D eigenvalue weighted by Gasteiger charge is 2.20. The summed E-state index contributed by atoms with van der Waals surface area (Å²) in [5, 5.41) is 11.8. The summed E-state index contributed by atoms with van der Waals surface area (Å²) in [5.74, 6) is 1.84. The molecule has 246 valence electrons. The van der Waals surface area contributed by atoms with Crippen LogP contribution in [0.3, 0.4) is 0 Å². The normalized spacial score (nSPS) is 11.8. The monoisotopic (exact) mass is 675 g/mol. The van der Waals surface area contributed by atoms with Crippen LogP contribution in [0.4, 0.5) is 0 Å². The van der Waals surface area contributed by atoms with Gasteiger partial charge < -0.3 is 4.42 Å². The summed E-state index contributed by atoms with van der Waals surface area (Å²) in [7, 11) is 0. The number of nitrogens with zero attached hydrogens (tertiary/aromatic N) is 3. The standard InChI is InChI=1S/C49H29N3O/c1-2-12-33(13-3-1)47-50-48(37-23-18-30-10-4-5-14-34(30)27-37)52-49(51-47)42-28-38(29-44-46(42)41-16-8-9-17-43(41)53-44)35-24-25-40-36(26-35)22-21-32-20-19-31-11-6-7-15-39(31)45(32)40/h1-29H. The number of hydrogen-bond donors (Lipinski definition) is 0. The number of benzene rings is 9. The maximum Gasteiger partial charge on any atom is 0.164 e. The van der Waals surface area contributed by atoms with Gasteiger partial charge in [0.05, 0.1) is 0 Å². The second kappa shape index (κ2) is 11.7. The van der Waals surface area contributed by atoms with E-state index in [1.165, 1.54) is 37.7 Å². The van der Waals surface area contributed by atoms with Crippen LogP contribution in [0.15, 0.2) is 180 Å². The smallest absolute Gasteiger partial charge is 0.164 e. The lowest BCUT2D eigenvalue weighted by Crippen LogP contribution is -2.00. The van der Waals surface area contributed by atoms with E-state index >= 15 is 0 Å². The van der Waals surface area contributed by atoms with E-state index in [9.17, 15) is 0 Å². The van der Waals surface area contributed by atoms with Crippen molar-refractivity contribution in [3.8, 4) is 45.3 Å². The second-order valence-electron chi connectivity index (χ2n) is 13.6. The van der Waals surface area contributed by atoms with E-state index < -0.39 is 0 Å². The quantitative estimate of drug-likeness (QED) is 0.174. The van der Waals surface area contributed by atoms with Gasteiger partial charge in [-0.2, -0.15) is 0 Å². The van der Waals surface area contributed by atoms with Gasteiger partial charge in [-0.15, -0.1) is 0 Å². The Morgan fingerprint density at radius 2 is 0.906 bits per heavy atom. The third kappa shape index (κ3) is 4.88. The minimum absolute atomic E-state index is 0.596. The van der Waals surface area contributed by atoms with Crippen molar-refractivity contribution >= 4 is 65.0 Å². The lowest BCUT2D eigenvalue weighted by Gasteiger charge is -2.12. The Hall–Kier alpha value is -7.17. The van der Waals surface area contributed by atoms with Gasteiger partial charge in [0.2, 0.25) is 0 Å². The fraction of sp³-hybridized carbons (Fsp3) is 0. The van der Waals surface area contributed by atoms with Crippen LogP contribution in [-0.2, 0) is 0 Å². The van der Waals surface area contributed by atoms with Crippen molar-refractivity contribution in [3.63, 3.8) is 0 Å². The molecule has 0 fully saturated rings. The zero-order valence-corrected chi connectivity index (χ0v) is 28.5. The van der Waals surface area contributed by atoms with Gasteiger partial charge in [0, 0.05) is 27.5 Å². The van der Waals surface area contributed by atoms with E-state index in [2.05, 4.69) is 133 Å². The lowest BCUT2D eigenvalue weighted by molar-refractivity contribution is 0.669. The van der Waals surface area contributed by atoms with E-state index in [1.807, 2.05) is 42.5 Å². The molecule has 0 spiro atoms. The third-order valence-corrected chi connectivity index (χ3v) is 10.5. The minimum atomic E-state index is 0.596. The van der Waals surface area contributed by atoms with Crippen LogP contribution in [0.25, 0.3) is 110 Å². The van der Waals surface area contributed by atoms with E-state index in [0.717, 1.165) is 55.1 Å². The Kier molecular flexibility index (Phi) is 6.52. The molecule has 0 unspecified atom stereocenters. The molecule has 0 saturated heterocycles. The first kappa shape index (κ1) is 29.5. The molecular weight excluding hydrogens is 647 g/mol. The highest BCUT2D eigenvalue weighted by molar-refractivity contribution is 6.20. The largest absolute Gasteiger partial charge is 0.456 e. The van der Waals surface area contributed by atoms with Crippen molar-refractivity contribution < 1.29 is 4.42 Å². The SMILES string of the molecule is c1ccc(-c2nc(-c3ccc4ccccc4c3)nc(-c3cc(-c4ccc5c(ccc6ccc7ccccc7c65)c4)cc4oc5ccccc5c34)n2)cc1. The first-order chi connectivity index (χ1) is 26.2. The molecule has 11 rings (SSSR count). The Bertz CT molecular complexity index is 3240. The number of fused-ring (bicyclic) bond motifs is 9. The summed E-state index contributed by atoms with van der Waals surface area (Å²) < 4.78 is 6.58. The van der Waals surface area contributed by atoms with Gasteiger partial charge in [-0.05, 0) is 84.5 Å². The Morgan fingerprint density at radius 1 is 0.302 bits per heavy atom. The van der Waals surface area contributed by atoms with Crippen LogP contribution in [0.2, 0.25) is 0 Å². The first-order valence-electron chi connectivity index (χ1n) is 17.8. The molecule has 9 aromatic carbocycles. The van der Waals surface area contributed by atoms with Crippen LogP contribution in [-0.4, -0.2) is 15.0 Å². The molecule has 0 radical (unpaired) electrons. The molecular formula is C49H29N3O. The summed E-state index contributed by atoms with van der Waals surface area (Å²) in [6.07, 6.45) is 0. The number of rotatable bonds is 4. The average molecular weight is 676 g/mol. The van der Waals surface area contributed by atoms with Gasteiger partial charge in [0.1, 0.15) is 11.2 Å². The molecule has 0 amide bonds. The molecule has 2 aromatic heterocycles. The molecule has 0 aliphatic rings. The summed E-state index contributed by atoms with van der Waals surface area (Å²) >= 11 is 0. The zero-order valence-electron chi connectivity index (χ0n) is 28.5. The molecule has 0 bridgehead atoms. The minimum Gasteiger partial charge on any atom is -0.456 e. The average Bonchev–Trinajstić information content (AvgIpc) is 3.61. The predicted octanol–water partition coefficient (Wildman–Crippen LogP) is 13.1. The van der Waals surface area contributed by atoms with Gasteiger partial charge in [0.25, 0.3) is 0 Å². The van der Waals surface area contributed by atoms with E-state index in [0.29, 0.717) is 17.5 Å². The second-order valence-corrected chi connectivity index (χ2v) is 13.6. The molecule has 4 nitrogen and oxygen atoms in total. The van der Waals surface area contributed by atoms with Crippen LogP contribution >= 0.6 is 0 Å². The van der Waals surface area contributed by atoms with Crippen molar-refractivity contribution in [1.82, 2.24) is 15.0 Å². The summed E-state index contributed by atoms with van der Waals surface area (Å²) in [6, 6.07) is 61.7. The summed E-state index contributed by atoms with van der Waals surface area (Å²) in [5.41, 5.74) is 6.49. The van der Waals surface area contributed by atoms with E-state index in [-0.39, 0.29) is 0 Å². The maximum atomic E-state index is 6.58. The number of para-hydroxylation sites is 1. The Balaban J connectivity index is 1.16. The fourth-order valence-electron chi connectivity index (χ4n) is 7.88. The van der Waals surface area contributed by atoms with Gasteiger partial charge in [-0.25, -0.2) is 15.0 Å². The topological polar surface area (TPSA) is 51.8 Å². The molecule has 0 saturated carbocycles. The van der Waals surface area contributed by atoms with Gasteiger partial charge in [-0.1, -0.05) is 146 Å². The van der Waals surface area contributed by atoms with Crippen LogP contribution < -0.4 is 0 Å². The molecule has 0 aliphatic heterocycles. The lowest BCUT2D eigenvalue weighted by atomic mass is 9.93. The Labute approximate surface area is 304 Å². The van der Waals surface area contributed by atoms with Gasteiger partial charge in [0.15, 0.2) is 17.5 Å². The van der Waals surface area contributed by atoms with Gasteiger partial charge in [-0.3, -0.25) is 0 Å². The predicted molar refractivity (Wildman–Crippen MR) is 219 cm³/mol. The molecule has 4 heteroatoms. The highest BCUT2D eigenvalue weighted by Crippen LogP contribution is 2.41. The fourth-order valence-corrected chi connectivity index (χ4v) is 7.88. The first-order valence-corrected chi connectivity index (χ1v) is 17.8. The van der Waals surface area contributed by atoms with Crippen molar-refractivity contribution in [3.05, 3.63) is 176 Å². The number of furan rings is 1. The molecule has 2 heterocycles. The third-order valence-electron chi connectivity index (χ3n) is 10.5. The van der Waals surface area contributed by atoms with Gasteiger partial charge >= 0.3 is 0 Å². The van der Waals surface area contributed by atoms with E-state index in [1.54, 1.807) is 0 Å². The van der Waals surface area contributed by atoms with Crippen LogP contribution in [0.1, 0.15) is 0 Å². The van der Waals surface area contributed by atoms with Crippen molar-refractivity contribution in [2.75, 3.05) is 0 Å². The summed E-state index contributed by atoms with van der Waals surface area (Å²) in [4.78, 5) is 15.5.